The molecular weight excluding hydrogens is 268 g/mol. The molecule has 0 bridgehead atoms. The predicted molar refractivity (Wildman–Crippen MR) is 66.8 cm³/mol. The number of rotatable bonds is 1. The van der Waals surface area contributed by atoms with E-state index in [0.717, 1.165) is 34.2 Å². The van der Waals surface area contributed by atoms with Gasteiger partial charge in [0.1, 0.15) is 5.82 Å². The van der Waals surface area contributed by atoms with Crippen LogP contribution in [-0.2, 0) is 0 Å². The van der Waals surface area contributed by atoms with Gasteiger partial charge in [0.25, 0.3) is 5.56 Å². The van der Waals surface area contributed by atoms with Crippen molar-refractivity contribution in [1.82, 2.24) is 9.97 Å². The zero-order valence-electron chi connectivity index (χ0n) is 8.88. The molecule has 0 radical (unpaired) electrons. The lowest BCUT2D eigenvalue weighted by molar-refractivity contribution is 0.930. The van der Waals surface area contributed by atoms with Crippen molar-refractivity contribution >= 4 is 26.8 Å². The Kier molecular flexibility index (Phi) is 2.14. The Morgan fingerprint density at radius 1 is 1.44 bits per heavy atom. The second-order valence-corrected chi connectivity index (χ2v) is 5.22. The monoisotopic (exact) mass is 278 g/mol. The quantitative estimate of drug-likeness (QED) is 0.872. The fourth-order valence-corrected chi connectivity index (χ4v) is 2.57. The van der Waals surface area contributed by atoms with Crippen molar-refractivity contribution in [1.29, 1.82) is 0 Å². The van der Waals surface area contributed by atoms with Crippen LogP contribution in [0.2, 0.25) is 0 Å². The van der Waals surface area contributed by atoms with E-state index in [1.807, 2.05) is 19.1 Å². The number of nitrogens with zero attached hydrogens (tertiary/aromatic N) is 1. The zero-order chi connectivity index (χ0) is 11.3. The lowest BCUT2D eigenvalue weighted by Crippen LogP contribution is -2.11. The first-order chi connectivity index (χ1) is 7.65. The molecule has 0 amide bonds. The second kappa shape index (κ2) is 3.42. The maximum atomic E-state index is 11.9. The zero-order valence-corrected chi connectivity index (χ0v) is 10.5. The van der Waals surface area contributed by atoms with Crippen LogP contribution in [0.1, 0.15) is 30.1 Å². The summed E-state index contributed by atoms with van der Waals surface area (Å²) < 4.78 is 0.899. The Balaban J connectivity index is 2.37. The first-order valence-corrected chi connectivity index (χ1v) is 6.14. The van der Waals surface area contributed by atoms with Crippen molar-refractivity contribution in [3.05, 3.63) is 38.3 Å². The van der Waals surface area contributed by atoms with Gasteiger partial charge in [-0.15, -0.1) is 0 Å². The lowest BCUT2D eigenvalue weighted by atomic mass is 10.1. The number of benzene rings is 1. The van der Waals surface area contributed by atoms with E-state index >= 15 is 0 Å². The summed E-state index contributed by atoms with van der Waals surface area (Å²) in [5, 5.41) is 0.663. The van der Waals surface area contributed by atoms with Crippen molar-refractivity contribution in [2.24, 2.45) is 0 Å². The van der Waals surface area contributed by atoms with E-state index in [0.29, 0.717) is 11.3 Å². The highest BCUT2D eigenvalue weighted by atomic mass is 79.9. The predicted octanol–water partition coefficient (Wildman–Crippen LogP) is 2.87. The van der Waals surface area contributed by atoms with E-state index in [4.69, 9.17) is 0 Å². The highest BCUT2D eigenvalue weighted by Gasteiger charge is 2.26. The number of fused-ring (bicyclic) bond motifs is 1. The number of hydrogen-bond donors (Lipinski definition) is 1. The first-order valence-electron chi connectivity index (χ1n) is 5.35. The van der Waals surface area contributed by atoms with Crippen LogP contribution in [0.5, 0.6) is 0 Å². The largest absolute Gasteiger partial charge is 0.310 e. The minimum atomic E-state index is -0.0312. The molecule has 3 nitrogen and oxygen atoms in total. The molecule has 3 rings (SSSR count). The first kappa shape index (κ1) is 10.0. The maximum Gasteiger partial charge on any atom is 0.258 e. The molecule has 0 aliphatic heterocycles. The van der Waals surface area contributed by atoms with Gasteiger partial charge in [0.2, 0.25) is 0 Å². The summed E-state index contributed by atoms with van der Waals surface area (Å²) in [6, 6.07) is 3.87. The Morgan fingerprint density at radius 3 is 2.88 bits per heavy atom. The van der Waals surface area contributed by atoms with Gasteiger partial charge >= 0.3 is 0 Å². The summed E-state index contributed by atoms with van der Waals surface area (Å²) in [6.07, 6.45) is 2.27. The van der Waals surface area contributed by atoms with Crippen LogP contribution in [0.25, 0.3) is 10.9 Å². The van der Waals surface area contributed by atoms with Gasteiger partial charge in [-0.2, -0.15) is 0 Å². The van der Waals surface area contributed by atoms with E-state index in [1.165, 1.54) is 0 Å². The third kappa shape index (κ3) is 1.57. The van der Waals surface area contributed by atoms with Crippen LogP contribution >= 0.6 is 15.9 Å². The minimum Gasteiger partial charge on any atom is -0.310 e. The standard InChI is InChI=1S/C12H11BrN2O/c1-6-4-8-10(9(13)5-6)14-11(7-2-3-7)15-12(8)16/h4-5,7H,2-3H2,1H3,(H,14,15,16). The number of aryl methyl sites for hydroxylation is 1. The molecule has 1 aliphatic carbocycles. The molecule has 0 unspecified atom stereocenters. The van der Waals surface area contributed by atoms with E-state index in [9.17, 15) is 4.79 Å². The van der Waals surface area contributed by atoms with Crippen LogP contribution in [0.4, 0.5) is 0 Å². The normalized spacial score (nSPS) is 15.6. The fraction of sp³-hybridized carbons (Fsp3) is 0.333. The van der Waals surface area contributed by atoms with E-state index in [2.05, 4.69) is 25.9 Å². The van der Waals surface area contributed by atoms with Crippen molar-refractivity contribution in [3.63, 3.8) is 0 Å². The smallest absolute Gasteiger partial charge is 0.258 e. The average Bonchev–Trinajstić information content (AvgIpc) is 3.02. The third-order valence-electron chi connectivity index (χ3n) is 2.89. The average molecular weight is 279 g/mol. The SMILES string of the molecule is Cc1cc(Br)c2nc(C3CC3)[nH]c(=O)c2c1. The van der Waals surface area contributed by atoms with Gasteiger partial charge in [-0.1, -0.05) is 0 Å². The van der Waals surface area contributed by atoms with Crippen molar-refractivity contribution in [2.75, 3.05) is 0 Å². The summed E-state index contributed by atoms with van der Waals surface area (Å²) in [6.45, 7) is 1.97. The molecule has 1 saturated carbocycles. The van der Waals surface area contributed by atoms with Crippen LogP contribution in [-0.4, -0.2) is 9.97 Å². The van der Waals surface area contributed by atoms with E-state index < -0.39 is 0 Å². The molecule has 1 fully saturated rings. The number of halogens is 1. The fourth-order valence-electron chi connectivity index (χ4n) is 1.90. The topological polar surface area (TPSA) is 45.8 Å². The highest BCUT2D eigenvalue weighted by molar-refractivity contribution is 9.10. The third-order valence-corrected chi connectivity index (χ3v) is 3.49. The molecule has 0 saturated heterocycles. The van der Waals surface area contributed by atoms with Gasteiger partial charge in [0, 0.05) is 10.4 Å². The van der Waals surface area contributed by atoms with Gasteiger partial charge in [-0.25, -0.2) is 4.98 Å². The van der Waals surface area contributed by atoms with Gasteiger partial charge in [0.15, 0.2) is 0 Å². The van der Waals surface area contributed by atoms with Crippen LogP contribution < -0.4 is 5.56 Å². The van der Waals surface area contributed by atoms with Crippen molar-refractivity contribution in [3.8, 4) is 0 Å². The number of aromatic nitrogens is 2. The summed E-state index contributed by atoms with van der Waals surface area (Å²) in [7, 11) is 0. The Labute approximate surface area is 101 Å². The maximum absolute atomic E-state index is 11.9. The second-order valence-electron chi connectivity index (χ2n) is 4.37. The van der Waals surface area contributed by atoms with Gasteiger partial charge < -0.3 is 4.98 Å². The minimum absolute atomic E-state index is 0.0312. The molecule has 1 aliphatic rings. The summed E-state index contributed by atoms with van der Waals surface area (Å²) in [5.41, 5.74) is 1.80. The van der Waals surface area contributed by atoms with E-state index in [-0.39, 0.29) is 5.56 Å². The Bertz CT molecular complexity index is 629. The summed E-state index contributed by atoms with van der Waals surface area (Å²) >= 11 is 3.47. The number of H-pyrrole nitrogens is 1. The Hall–Kier alpha value is -1.16. The summed E-state index contributed by atoms with van der Waals surface area (Å²) in [5.74, 6) is 1.30. The van der Waals surface area contributed by atoms with Gasteiger partial charge in [-0.05, 0) is 53.4 Å². The Morgan fingerprint density at radius 2 is 2.19 bits per heavy atom. The van der Waals surface area contributed by atoms with Gasteiger partial charge in [-0.3, -0.25) is 4.79 Å². The number of aromatic amines is 1. The molecule has 1 N–H and O–H groups in total. The molecule has 2 aromatic rings. The molecule has 82 valence electrons. The lowest BCUT2D eigenvalue weighted by Gasteiger charge is -2.04. The molecule has 0 spiro atoms. The summed E-state index contributed by atoms with van der Waals surface area (Å²) in [4.78, 5) is 19.3. The van der Waals surface area contributed by atoms with Crippen LogP contribution in [0, 0.1) is 6.92 Å². The number of nitrogens with one attached hydrogen (secondary N) is 1. The molecule has 0 atom stereocenters. The molecule has 1 aromatic carbocycles. The molecule has 16 heavy (non-hydrogen) atoms. The van der Waals surface area contributed by atoms with Gasteiger partial charge in [0.05, 0.1) is 10.9 Å². The van der Waals surface area contributed by atoms with E-state index in [1.54, 1.807) is 0 Å². The molecule has 1 heterocycles. The van der Waals surface area contributed by atoms with Crippen LogP contribution in [0.3, 0.4) is 0 Å². The number of hydrogen-bond acceptors (Lipinski definition) is 2. The van der Waals surface area contributed by atoms with Crippen LogP contribution in [0.15, 0.2) is 21.4 Å². The molecule has 4 heteroatoms. The van der Waals surface area contributed by atoms with Crippen molar-refractivity contribution in [2.45, 2.75) is 25.7 Å². The highest BCUT2D eigenvalue weighted by Crippen LogP contribution is 2.38. The van der Waals surface area contributed by atoms with Crippen molar-refractivity contribution < 1.29 is 0 Å². The molecule has 1 aromatic heterocycles. The molecular formula is C12H11BrN2O.